The van der Waals surface area contributed by atoms with Gasteiger partial charge < -0.3 is 15.5 Å². The van der Waals surface area contributed by atoms with Gasteiger partial charge in [-0.25, -0.2) is 0 Å². The van der Waals surface area contributed by atoms with E-state index in [4.69, 9.17) is 0 Å². The zero-order valence-corrected chi connectivity index (χ0v) is 18.8. The summed E-state index contributed by atoms with van der Waals surface area (Å²) in [6, 6.07) is 8.50. The standard InChI is InChI=1S/C23H39N3O2/c1-18-10-12-19(13-11-18)26(16-8-14-24-20(27)22(2,3)4)17-9-15-25-21(28)23(5,6)7/h10-13H,8-9,14-17H2,1-7H3,(H,24,27)(H,25,28). The Balaban J connectivity index is 2.54. The van der Waals surface area contributed by atoms with Crippen molar-refractivity contribution in [1.82, 2.24) is 10.6 Å². The molecule has 0 saturated heterocycles. The second-order valence-electron chi connectivity index (χ2n) is 9.54. The van der Waals surface area contributed by atoms with E-state index in [1.165, 1.54) is 11.3 Å². The average Bonchev–Trinajstić information content (AvgIpc) is 2.59. The molecule has 0 aliphatic carbocycles. The molecule has 0 aliphatic rings. The summed E-state index contributed by atoms with van der Waals surface area (Å²) in [5, 5.41) is 6.03. The van der Waals surface area contributed by atoms with Gasteiger partial charge in [0.25, 0.3) is 0 Å². The van der Waals surface area contributed by atoms with Crippen LogP contribution in [0, 0.1) is 17.8 Å². The molecule has 5 nitrogen and oxygen atoms in total. The molecule has 0 aromatic heterocycles. The average molecular weight is 390 g/mol. The molecule has 0 saturated carbocycles. The zero-order chi connectivity index (χ0) is 21.4. The fourth-order valence-corrected chi connectivity index (χ4v) is 2.60. The molecule has 0 heterocycles. The summed E-state index contributed by atoms with van der Waals surface area (Å²) < 4.78 is 0. The van der Waals surface area contributed by atoms with Crippen molar-refractivity contribution >= 4 is 17.5 Å². The maximum absolute atomic E-state index is 12.0. The van der Waals surface area contributed by atoms with Gasteiger partial charge in [0.05, 0.1) is 0 Å². The van der Waals surface area contributed by atoms with Crippen LogP contribution in [0.3, 0.4) is 0 Å². The van der Waals surface area contributed by atoms with Crippen molar-refractivity contribution in [2.75, 3.05) is 31.1 Å². The van der Waals surface area contributed by atoms with Gasteiger partial charge in [0.2, 0.25) is 11.8 Å². The molecule has 2 amide bonds. The van der Waals surface area contributed by atoms with Crippen LogP contribution in [0.4, 0.5) is 5.69 Å². The maximum Gasteiger partial charge on any atom is 0.225 e. The molecule has 0 aliphatic heterocycles. The maximum atomic E-state index is 12.0. The summed E-state index contributed by atoms with van der Waals surface area (Å²) in [6.07, 6.45) is 1.76. The summed E-state index contributed by atoms with van der Waals surface area (Å²) in [4.78, 5) is 26.3. The molecule has 1 aromatic carbocycles. The molecule has 0 atom stereocenters. The molecule has 0 fully saturated rings. The number of nitrogens with one attached hydrogen (secondary N) is 2. The monoisotopic (exact) mass is 389 g/mol. The number of aryl methyl sites for hydroxylation is 1. The summed E-state index contributed by atoms with van der Waals surface area (Å²) in [7, 11) is 0. The lowest BCUT2D eigenvalue weighted by molar-refractivity contribution is -0.129. The first-order valence-corrected chi connectivity index (χ1v) is 10.3. The van der Waals surface area contributed by atoms with E-state index < -0.39 is 0 Å². The van der Waals surface area contributed by atoms with Crippen molar-refractivity contribution in [1.29, 1.82) is 0 Å². The molecule has 0 radical (unpaired) electrons. The Labute approximate surface area is 171 Å². The van der Waals surface area contributed by atoms with Gasteiger partial charge in [0.15, 0.2) is 0 Å². The summed E-state index contributed by atoms with van der Waals surface area (Å²) in [6.45, 7) is 16.7. The van der Waals surface area contributed by atoms with E-state index in [1.807, 2.05) is 41.5 Å². The lowest BCUT2D eigenvalue weighted by atomic mass is 9.96. The Bertz CT molecular complexity index is 591. The van der Waals surface area contributed by atoms with Crippen LogP contribution in [-0.4, -0.2) is 38.0 Å². The number of hydrogen-bond acceptors (Lipinski definition) is 3. The third kappa shape index (κ3) is 8.77. The fourth-order valence-electron chi connectivity index (χ4n) is 2.60. The highest BCUT2D eigenvalue weighted by Crippen LogP contribution is 2.17. The first-order valence-electron chi connectivity index (χ1n) is 10.3. The molecule has 158 valence electrons. The molecule has 28 heavy (non-hydrogen) atoms. The predicted octanol–water partition coefficient (Wildman–Crippen LogP) is 3.91. The highest BCUT2D eigenvalue weighted by molar-refractivity contribution is 5.81. The van der Waals surface area contributed by atoms with E-state index in [1.54, 1.807) is 0 Å². The third-order valence-corrected chi connectivity index (χ3v) is 4.54. The Morgan fingerprint density at radius 3 is 1.54 bits per heavy atom. The Morgan fingerprint density at radius 2 is 1.18 bits per heavy atom. The highest BCUT2D eigenvalue weighted by Gasteiger charge is 2.21. The van der Waals surface area contributed by atoms with Gasteiger partial charge in [-0.15, -0.1) is 0 Å². The predicted molar refractivity (Wildman–Crippen MR) is 118 cm³/mol. The summed E-state index contributed by atoms with van der Waals surface area (Å²) in [5.41, 5.74) is 1.69. The highest BCUT2D eigenvalue weighted by atomic mass is 16.2. The van der Waals surface area contributed by atoms with Crippen molar-refractivity contribution < 1.29 is 9.59 Å². The molecular formula is C23H39N3O2. The molecule has 1 aromatic rings. The number of carbonyl (C=O) groups excluding carboxylic acids is 2. The minimum atomic E-state index is -0.359. The van der Waals surface area contributed by atoms with E-state index in [0.717, 1.165) is 25.9 Å². The van der Waals surface area contributed by atoms with Gasteiger partial charge in [-0.2, -0.15) is 0 Å². The Hall–Kier alpha value is -2.04. The molecule has 0 spiro atoms. The van der Waals surface area contributed by atoms with Gasteiger partial charge in [-0.1, -0.05) is 59.2 Å². The van der Waals surface area contributed by atoms with Crippen LogP contribution in [0.1, 0.15) is 59.9 Å². The number of benzene rings is 1. The second kappa shape index (κ2) is 10.5. The van der Waals surface area contributed by atoms with Gasteiger partial charge in [0.1, 0.15) is 0 Å². The van der Waals surface area contributed by atoms with Gasteiger partial charge in [-0.05, 0) is 31.9 Å². The number of carbonyl (C=O) groups is 2. The lowest BCUT2D eigenvalue weighted by Gasteiger charge is -2.26. The second-order valence-corrected chi connectivity index (χ2v) is 9.54. The largest absolute Gasteiger partial charge is 0.371 e. The van der Waals surface area contributed by atoms with Crippen molar-refractivity contribution in [3.63, 3.8) is 0 Å². The number of rotatable bonds is 9. The van der Waals surface area contributed by atoms with Crippen LogP contribution in [-0.2, 0) is 9.59 Å². The smallest absolute Gasteiger partial charge is 0.225 e. The van der Waals surface area contributed by atoms with E-state index >= 15 is 0 Å². The van der Waals surface area contributed by atoms with E-state index in [2.05, 4.69) is 46.7 Å². The first kappa shape index (κ1) is 24.0. The molecule has 0 bridgehead atoms. The third-order valence-electron chi connectivity index (χ3n) is 4.54. The number of anilines is 1. The topological polar surface area (TPSA) is 61.4 Å². The van der Waals surface area contributed by atoms with Crippen molar-refractivity contribution in [3.8, 4) is 0 Å². The van der Waals surface area contributed by atoms with Gasteiger partial charge in [0, 0.05) is 42.7 Å². The fraction of sp³-hybridized carbons (Fsp3) is 0.652. The normalized spacial score (nSPS) is 11.8. The van der Waals surface area contributed by atoms with E-state index in [0.29, 0.717) is 13.1 Å². The minimum absolute atomic E-state index is 0.0827. The number of amides is 2. The van der Waals surface area contributed by atoms with Crippen LogP contribution in [0.2, 0.25) is 0 Å². The van der Waals surface area contributed by atoms with Crippen LogP contribution < -0.4 is 15.5 Å². The zero-order valence-electron chi connectivity index (χ0n) is 18.8. The van der Waals surface area contributed by atoms with Crippen LogP contribution in [0.15, 0.2) is 24.3 Å². The van der Waals surface area contributed by atoms with Gasteiger partial charge >= 0.3 is 0 Å². The molecule has 2 N–H and O–H groups in total. The van der Waals surface area contributed by atoms with Crippen LogP contribution in [0.25, 0.3) is 0 Å². The molecule has 0 unspecified atom stereocenters. The van der Waals surface area contributed by atoms with Crippen LogP contribution >= 0.6 is 0 Å². The first-order chi connectivity index (χ1) is 12.9. The van der Waals surface area contributed by atoms with Crippen molar-refractivity contribution in [3.05, 3.63) is 29.8 Å². The molecule has 1 rings (SSSR count). The number of nitrogens with zero attached hydrogens (tertiary/aromatic N) is 1. The summed E-state index contributed by atoms with van der Waals surface area (Å²) >= 11 is 0. The Kier molecular flexibility index (Phi) is 8.99. The number of hydrogen-bond donors (Lipinski definition) is 2. The van der Waals surface area contributed by atoms with Gasteiger partial charge in [-0.3, -0.25) is 9.59 Å². The van der Waals surface area contributed by atoms with Crippen molar-refractivity contribution in [2.24, 2.45) is 10.8 Å². The SMILES string of the molecule is Cc1ccc(N(CCCNC(=O)C(C)(C)C)CCCNC(=O)C(C)(C)C)cc1. The summed E-state index contributed by atoms with van der Waals surface area (Å²) in [5.74, 6) is 0.165. The molecule has 5 heteroatoms. The Morgan fingerprint density at radius 1 is 0.786 bits per heavy atom. The van der Waals surface area contributed by atoms with E-state index in [9.17, 15) is 9.59 Å². The van der Waals surface area contributed by atoms with E-state index in [-0.39, 0.29) is 22.6 Å². The van der Waals surface area contributed by atoms with Crippen LogP contribution in [0.5, 0.6) is 0 Å². The minimum Gasteiger partial charge on any atom is -0.371 e. The lowest BCUT2D eigenvalue weighted by Crippen LogP contribution is -2.38. The van der Waals surface area contributed by atoms with Crippen molar-refractivity contribution in [2.45, 2.75) is 61.3 Å². The molecular weight excluding hydrogens is 350 g/mol. The quantitative estimate of drug-likeness (QED) is 0.630.